The Hall–Kier alpha value is -1.62. The number of anilines is 1. The first kappa shape index (κ1) is 10.9. The zero-order valence-electron chi connectivity index (χ0n) is 9.04. The van der Waals surface area contributed by atoms with Crippen LogP contribution in [0.3, 0.4) is 0 Å². The van der Waals surface area contributed by atoms with E-state index in [-0.39, 0.29) is 18.4 Å². The Labute approximate surface area is 94.0 Å². The maximum absolute atomic E-state index is 11.7. The second kappa shape index (κ2) is 4.49. The van der Waals surface area contributed by atoms with Gasteiger partial charge >= 0.3 is 0 Å². The number of hydrogen-bond donors (Lipinski definition) is 1. The van der Waals surface area contributed by atoms with Crippen LogP contribution in [0.1, 0.15) is 6.42 Å². The summed E-state index contributed by atoms with van der Waals surface area (Å²) >= 11 is 0. The van der Waals surface area contributed by atoms with Crippen LogP contribution in [-0.4, -0.2) is 33.9 Å². The molecular weight excluding hydrogens is 206 g/mol. The first-order valence-electron chi connectivity index (χ1n) is 5.31. The quantitative estimate of drug-likeness (QED) is 0.749. The van der Waals surface area contributed by atoms with Crippen molar-refractivity contribution in [1.82, 2.24) is 9.78 Å². The number of aromatic nitrogens is 2. The van der Waals surface area contributed by atoms with Crippen LogP contribution in [0.25, 0.3) is 0 Å². The van der Waals surface area contributed by atoms with Gasteiger partial charge in [-0.2, -0.15) is 5.10 Å². The molecule has 1 aliphatic heterocycles. The zero-order chi connectivity index (χ0) is 11.5. The van der Waals surface area contributed by atoms with Crippen molar-refractivity contribution < 1.29 is 9.90 Å². The summed E-state index contributed by atoms with van der Waals surface area (Å²) in [5.41, 5.74) is 0.794. The molecule has 0 saturated carbocycles. The van der Waals surface area contributed by atoms with E-state index in [1.165, 1.54) is 0 Å². The molecule has 1 aromatic rings. The van der Waals surface area contributed by atoms with Crippen molar-refractivity contribution in [2.75, 3.05) is 18.1 Å². The molecule has 1 amide bonds. The van der Waals surface area contributed by atoms with Crippen LogP contribution in [0, 0.1) is 5.92 Å². The highest BCUT2D eigenvalue weighted by Crippen LogP contribution is 2.24. The lowest BCUT2D eigenvalue weighted by Gasteiger charge is -2.12. The third-order valence-corrected chi connectivity index (χ3v) is 2.75. The predicted molar refractivity (Wildman–Crippen MR) is 60.0 cm³/mol. The third-order valence-electron chi connectivity index (χ3n) is 2.75. The van der Waals surface area contributed by atoms with E-state index < -0.39 is 0 Å². The Kier molecular flexibility index (Phi) is 3.05. The number of nitrogens with zero attached hydrogens (tertiary/aromatic N) is 3. The van der Waals surface area contributed by atoms with Gasteiger partial charge in [0.15, 0.2) is 0 Å². The first-order chi connectivity index (χ1) is 7.74. The Morgan fingerprint density at radius 2 is 2.50 bits per heavy atom. The lowest BCUT2D eigenvalue weighted by molar-refractivity contribution is -0.117. The van der Waals surface area contributed by atoms with Gasteiger partial charge in [-0.1, -0.05) is 6.08 Å². The van der Waals surface area contributed by atoms with Crippen molar-refractivity contribution in [1.29, 1.82) is 0 Å². The summed E-state index contributed by atoms with van der Waals surface area (Å²) in [5, 5.41) is 12.8. The zero-order valence-corrected chi connectivity index (χ0v) is 9.04. The van der Waals surface area contributed by atoms with Gasteiger partial charge in [-0.3, -0.25) is 9.48 Å². The highest BCUT2D eigenvalue weighted by atomic mass is 16.3. The molecule has 0 bridgehead atoms. The standard InChI is InChI=1S/C11H15N3O2/c1-2-9-5-11(16)14(7-9)10-6-12-13(8-10)3-4-15/h2,6,8-9,15H,1,3-5,7H2. The molecule has 0 aliphatic carbocycles. The summed E-state index contributed by atoms with van der Waals surface area (Å²) < 4.78 is 1.63. The van der Waals surface area contributed by atoms with E-state index in [1.807, 2.05) is 6.08 Å². The summed E-state index contributed by atoms with van der Waals surface area (Å²) in [6.07, 6.45) is 5.77. The molecule has 1 fully saturated rings. The van der Waals surface area contributed by atoms with Crippen molar-refractivity contribution in [3.63, 3.8) is 0 Å². The summed E-state index contributed by atoms with van der Waals surface area (Å²) in [5.74, 6) is 0.335. The van der Waals surface area contributed by atoms with Gasteiger partial charge in [0, 0.05) is 25.1 Å². The van der Waals surface area contributed by atoms with Crippen molar-refractivity contribution in [2.45, 2.75) is 13.0 Å². The predicted octanol–water partition coefficient (Wildman–Crippen LogP) is 0.414. The number of carbonyl (C=O) groups is 1. The Morgan fingerprint density at radius 3 is 3.12 bits per heavy atom. The average Bonchev–Trinajstić information content (AvgIpc) is 2.85. The van der Waals surface area contributed by atoms with Crippen LogP contribution < -0.4 is 4.90 Å². The molecule has 16 heavy (non-hydrogen) atoms. The molecule has 2 rings (SSSR count). The monoisotopic (exact) mass is 221 g/mol. The van der Waals surface area contributed by atoms with Gasteiger partial charge < -0.3 is 10.0 Å². The smallest absolute Gasteiger partial charge is 0.227 e. The SMILES string of the molecule is C=CC1CC(=O)N(c2cnn(CCO)c2)C1. The van der Waals surface area contributed by atoms with Crippen LogP contribution in [0.2, 0.25) is 0 Å². The molecule has 2 heterocycles. The fourth-order valence-electron chi connectivity index (χ4n) is 1.86. The van der Waals surface area contributed by atoms with Crippen molar-refractivity contribution >= 4 is 11.6 Å². The van der Waals surface area contributed by atoms with E-state index in [2.05, 4.69) is 11.7 Å². The molecular formula is C11H15N3O2. The summed E-state index contributed by atoms with van der Waals surface area (Å²) in [6, 6.07) is 0. The van der Waals surface area contributed by atoms with Gasteiger partial charge in [-0.25, -0.2) is 0 Å². The molecule has 86 valence electrons. The number of amides is 1. The van der Waals surface area contributed by atoms with E-state index in [0.29, 0.717) is 19.5 Å². The lowest BCUT2D eigenvalue weighted by atomic mass is 10.1. The summed E-state index contributed by atoms with van der Waals surface area (Å²) in [6.45, 7) is 4.88. The largest absolute Gasteiger partial charge is 0.394 e. The Balaban J connectivity index is 2.11. The van der Waals surface area contributed by atoms with E-state index in [4.69, 9.17) is 5.11 Å². The molecule has 0 spiro atoms. The minimum atomic E-state index is 0.0460. The molecule has 5 heteroatoms. The van der Waals surface area contributed by atoms with Crippen LogP contribution in [0.15, 0.2) is 25.0 Å². The van der Waals surface area contributed by atoms with Gasteiger partial charge in [-0.05, 0) is 0 Å². The van der Waals surface area contributed by atoms with Gasteiger partial charge in [0.1, 0.15) is 0 Å². The highest BCUT2D eigenvalue weighted by Gasteiger charge is 2.29. The molecule has 1 N–H and O–H groups in total. The number of hydrogen-bond acceptors (Lipinski definition) is 3. The van der Waals surface area contributed by atoms with Gasteiger partial charge in [-0.15, -0.1) is 6.58 Å². The lowest BCUT2D eigenvalue weighted by Crippen LogP contribution is -2.23. The topological polar surface area (TPSA) is 58.4 Å². The molecule has 1 unspecified atom stereocenters. The molecule has 1 aliphatic rings. The molecule has 0 aromatic carbocycles. The van der Waals surface area contributed by atoms with Gasteiger partial charge in [0.05, 0.1) is 25.0 Å². The Bertz CT molecular complexity index is 400. The number of carbonyl (C=O) groups excluding carboxylic acids is 1. The maximum Gasteiger partial charge on any atom is 0.227 e. The molecule has 1 atom stereocenters. The second-order valence-electron chi connectivity index (χ2n) is 3.89. The van der Waals surface area contributed by atoms with Crippen LogP contribution >= 0.6 is 0 Å². The Morgan fingerprint density at radius 1 is 1.69 bits per heavy atom. The third kappa shape index (κ3) is 1.99. The van der Waals surface area contributed by atoms with Crippen LogP contribution in [0.4, 0.5) is 5.69 Å². The van der Waals surface area contributed by atoms with E-state index >= 15 is 0 Å². The van der Waals surface area contributed by atoms with Crippen LogP contribution in [-0.2, 0) is 11.3 Å². The summed E-state index contributed by atoms with van der Waals surface area (Å²) in [4.78, 5) is 13.4. The summed E-state index contributed by atoms with van der Waals surface area (Å²) in [7, 11) is 0. The van der Waals surface area contributed by atoms with Gasteiger partial charge in [0.25, 0.3) is 0 Å². The molecule has 1 aromatic heterocycles. The maximum atomic E-state index is 11.7. The molecule has 5 nitrogen and oxygen atoms in total. The second-order valence-corrected chi connectivity index (χ2v) is 3.89. The number of rotatable bonds is 4. The fourth-order valence-corrected chi connectivity index (χ4v) is 1.86. The first-order valence-corrected chi connectivity index (χ1v) is 5.31. The molecule has 1 saturated heterocycles. The fraction of sp³-hybridized carbons (Fsp3) is 0.455. The normalized spacial score (nSPS) is 20.4. The van der Waals surface area contributed by atoms with E-state index in [1.54, 1.807) is 22.0 Å². The highest BCUT2D eigenvalue weighted by molar-refractivity contribution is 5.95. The van der Waals surface area contributed by atoms with Crippen molar-refractivity contribution in [3.05, 3.63) is 25.0 Å². The van der Waals surface area contributed by atoms with E-state index in [0.717, 1.165) is 5.69 Å². The minimum Gasteiger partial charge on any atom is -0.394 e. The van der Waals surface area contributed by atoms with Gasteiger partial charge in [0.2, 0.25) is 5.91 Å². The molecule has 0 radical (unpaired) electrons. The minimum absolute atomic E-state index is 0.0460. The van der Waals surface area contributed by atoms with Crippen LogP contribution in [0.5, 0.6) is 0 Å². The van der Waals surface area contributed by atoms with Crippen molar-refractivity contribution in [3.8, 4) is 0 Å². The average molecular weight is 221 g/mol. The number of aliphatic hydroxyl groups excluding tert-OH is 1. The van der Waals surface area contributed by atoms with Crippen molar-refractivity contribution in [2.24, 2.45) is 5.92 Å². The van der Waals surface area contributed by atoms with E-state index in [9.17, 15) is 4.79 Å². The number of aliphatic hydroxyl groups is 1.